The first kappa shape index (κ1) is 19.2. The molecule has 0 spiro atoms. The fraction of sp³-hybridized carbons (Fsp3) is 0.263. The monoisotopic (exact) mass is 417 g/mol. The van der Waals surface area contributed by atoms with E-state index in [9.17, 15) is 8.42 Å². The van der Waals surface area contributed by atoms with Gasteiger partial charge >= 0.3 is 0 Å². The molecule has 10 heteroatoms. The Bertz CT molecular complexity index is 1110. The van der Waals surface area contributed by atoms with Crippen LogP contribution in [0.4, 0.5) is 0 Å². The van der Waals surface area contributed by atoms with E-state index in [-0.39, 0.29) is 17.3 Å². The first-order chi connectivity index (χ1) is 14.0. The highest BCUT2D eigenvalue weighted by atomic mass is 32.2. The number of rotatable bonds is 6. The van der Waals surface area contributed by atoms with Gasteiger partial charge in [0.15, 0.2) is 11.5 Å². The Balaban J connectivity index is 1.51. The van der Waals surface area contributed by atoms with Crippen LogP contribution in [-0.2, 0) is 16.6 Å². The van der Waals surface area contributed by atoms with Gasteiger partial charge in [-0.1, -0.05) is 5.16 Å². The normalized spacial score (nSPS) is 13.5. The van der Waals surface area contributed by atoms with Crippen molar-refractivity contribution < 1.29 is 27.2 Å². The van der Waals surface area contributed by atoms with Gasteiger partial charge < -0.3 is 18.7 Å². The molecule has 0 N–H and O–H groups in total. The van der Waals surface area contributed by atoms with Crippen molar-refractivity contribution in [1.82, 2.24) is 14.4 Å². The third kappa shape index (κ3) is 3.89. The number of methoxy groups -OCH3 is 1. The van der Waals surface area contributed by atoms with Crippen LogP contribution in [-0.4, -0.2) is 50.2 Å². The third-order valence-electron chi connectivity index (χ3n) is 4.40. The highest BCUT2D eigenvalue weighted by molar-refractivity contribution is 7.89. The molecule has 9 nitrogen and oxygen atoms in total. The maximum Gasteiger partial charge on any atom is 0.243 e. The standard InChI is InChI=1S/C19H19N3O6S/c1-22(29(23,24)15-7-8-16-17(11-15)27-10-9-26-16)12-18-20-19(21-28-18)13-3-5-14(25-2)6-4-13/h3-8,11H,9-10,12H2,1-2H3. The topological polar surface area (TPSA) is 104 Å². The van der Waals surface area contributed by atoms with Crippen molar-refractivity contribution in [2.24, 2.45) is 0 Å². The van der Waals surface area contributed by atoms with Crippen LogP contribution < -0.4 is 14.2 Å². The van der Waals surface area contributed by atoms with Gasteiger partial charge in [-0.25, -0.2) is 8.42 Å². The first-order valence-electron chi connectivity index (χ1n) is 8.80. The predicted molar refractivity (Wildman–Crippen MR) is 102 cm³/mol. The van der Waals surface area contributed by atoms with E-state index in [2.05, 4.69) is 10.1 Å². The molecule has 1 aliphatic heterocycles. The molecule has 0 radical (unpaired) electrons. The van der Waals surface area contributed by atoms with Crippen molar-refractivity contribution in [3.05, 3.63) is 48.4 Å². The van der Waals surface area contributed by atoms with E-state index >= 15 is 0 Å². The molecule has 0 aliphatic carbocycles. The lowest BCUT2D eigenvalue weighted by atomic mass is 10.2. The molecule has 0 unspecified atom stereocenters. The number of hydrogen-bond acceptors (Lipinski definition) is 8. The van der Waals surface area contributed by atoms with Crippen LogP contribution in [0.3, 0.4) is 0 Å². The van der Waals surface area contributed by atoms with Crippen LogP contribution in [0.15, 0.2) is 51.9 Å². The van der Waals surface area contributed by atoms with Gasteiger partial charge in [0.1, 0.15) is 19.0 Å². The average molecular weight is 417 g/mol. The zero-order valence-electron chi connectivity index (χ0n) is 15.9. The predicted octanol–water partition coefficient (Wildman–Crippen LogP) is 2.34. The molecular formula is C19H19N3O6S. The smallest absolute Gasteiger partial charge is 0.243 e. The minimum absolute atomic E-state index is 0.0695. The Labute approximate surface area is 167 Å². The minimum atomic E-state index is -3.78. The fourth-order valence-electron chi connectivity index (χ4n) is 2.82. The summed E-state index contributed by atoms with van der Waals surface area (Å²) in [6, 6.07) is 11.7. The van der Waals surface area contributed by atoms with Crippen molar-refractivity contribution in [3.8, 4) is 28.6 Å². The van der Waals surface area contributed by atoms with Gasteiger partial charge in [-0.2, -0.15) is 9.29 Å². The zero-order valence-corrected chi connectivity index (χ0v) is 16.7. The van der Waals surface area contributed by atoms with E-state index in [1.54, 1.807) is 37.4 Å². The quantitative estimate of drug-likeness (QED) is 0.602. The Morgan fingerprint density at radius 2 is 1.79 bits per heavy atom. The van der Waals surface area contributed by atoms with Crippen molar-refractivity contribution in [2.75, 3.05) is 27.4 Å². The molecule has 1 aromatic heterocycles. The molecule has 29 heavy (non-hydrogen) atoms. The average Bonchev–Trinajstić information content (AvgIpc) is 3.22. The third-order valence-corrected chi connectivity index (χ3v) is 6.20. The van der Waals surface area contributed by atoms with Crippen LogP contribution >= 0.6 is 0 Å². The number of fused-ring (bicyclic) bond motifs is 1. The van der Waals surface area contributed by atoms with Crippen molar-refractivity contribution in [2.45, 2.75) is 11.4 Å². The molecule has 3 aromatic rings. The summed E-state index contributed by atoms with van der Waals surface area (Å²) in [6.07, 6.45) is 0. The maximum absolute atomic E-state index is 12.9. The summed E-state index contributed by atoms with van der Waals surface area (Å²) in [4.78, 5) is 4.38. The van der Waals surface area contributed by atoms with Gasteiger partial charge in [-0.15, -0.1) is 0 Å². The lowest BCUT2D eigenvalue weighted by molar-refractivity contribution is 0.171. The van der Waals surface area contributed by atoms with Gasteiger partial charge in [0.2, 0.25) is 21.7 Å². The van der Waals surface area contributed by atoms with E-state index in [4.69, 9.17) is 18.7 Å². The number of sulfonamides is 1. The lowest BCUT2D eigenvalue weighted by Gasteiger charge is -2.20. The van der Waals surface area contributed by atoms with Crippen molar-refractivity contribution >= 4 is 10.0 Å². The largest absolute Gasteiger partial charge is 0.497 e. The van der Waals surface area contributed by atoms with Crippen LogP contribution in [0.2, 0.25) is 0 Å². The van der Waals surface area contributed by atoms with Crippen LogP contribution in [0, 0.1) is 0 Å². The molecule has 2 heterocycles. The second kappa shape index (κ2) is 7.72. The van der Waals surface area contributed by atoms with Gasteiger partial charge in [-0.05, 0) is 36.4 Å². The number of hydrogen-bond donors (Lipinski definition) is 0. The van der Waals surface area contributed by atoms with E-state index in [0.717, 1.165) is 9.87 Å². The first-order valence-corrected chi connectivity index (χ1v) is 10.2. The van der Waals surface area contributed by atoms with Gasteiger partial charge in [-0.3, -0.25) is 0 Å². The van der Waals surface area contributed by atoms with Crippen LogP contribution in [0.5, 0.6) is 17.2 Å². The summed E-state index contributed by atoms with van der Waals surface area (Å²) in [5.41, 5.74) is 0.734. The molecular weight excluding hydrogens is 398 g/mol. The zero-order chi connectivity index (χ0) is 20.4. The lowest BCUT2D eigenvalue weighted by Crippen LogP contribution is -2.27. The molecule has 1 aliphatic rings. The molecule has 0 bridgehead atoms. The summed E-state index contributed by atoms with van der Waals surface area (Å²) in [5, 5.41) is 3.92. The molecule has 4 rings (SSSR count). The van der Waals surface area contributed by atoms with E-state index in [1.807, 2.05) is 0 Å². The molecule has 152 valence electrons. The van der Waals surface area contributed by atoms with Gasteiger partial charge in [0.05, 0.1) is 18.6 Å². The summed E-state index contributed by atoms with van der Waals surface area (Å²) in [5.74, 6) is 2.19. The molecule has 0 atom stereocenters. The van der Waals surface area contributed by atoms with Crippen molar-refractivity contribution in [1.29, 1.82) is 0 Å². The van der Waals surface area contributed by atoms with Crippen LogP contribution in [0.1, 0.15) is 5.89 Å². The highest BCUT2D eigenvalue weighted by Crippen LogP contribution is 2.33. The van der Waals surface area contributed by atoms with Gasteiger partial charge in [0.25, 0.3) is 0 Å². The maximum atomic E-state index is 12.9. The van der Waals surface area contributed by atoms with E-state index in [0.29, 0.717) is 36.3 Å². The summed E-state index contributed by atoms with van der Waals surface area (Å²) in [7, 11) is -0.751. The minimum Gasteiger partial charge on any atom is -0.497 e. The second-order valence-corrected chi connectivity index (χ2v) is 8.35. The number of nitrogens with zero attached hydrogens (tertiary/aromatic N) is 3. The van der Waals surface area contributed by atoms with Crippen LogP contribution in [0.25, 0.3) is 11.4 Å². The molecule has 0 amide bonds. The van der Waals surface area contributed by atoms with E-state index < -0.39 is 10.0 Å². The summed E-state index contributed by atoms with van der Waals surface area (Å²) >= 11 is 0. The molecule has 0 fully saturated rings. The molecule has 0 saturated carbocycles. The molecule has 2 aromatic carbocycles. The number of ether oxygens (including phenoxy) is 3. The number of aromatic nitrogens is 2. The summed E-state index contributed by atoms with van der Waals surface area (Å²) < 4.78 is 48.2. The summed E-state index contributed by atoms with van der Waals surface area (Å²) in [6.45, 7) is 0.745. The Hall–Kier alpha value is -3.11. The highest BCUT2D eigenvalue weighted by Gasteiger charge is 2.25. The Morgan fingerprint density at radius 3 is 2.52 bits per heavy atom. The number of benzene rings is 2. The fourth-order valence-corrected chi connectivity index (χ4v) is 3.95. The van der Waals surface area contributed by atoms with E-state index in [1.165, 1.54) is 19.2 Å². The van der Waals surface area contributed by atoms with Gasteiger partial charge in [0, 0.05) is 18.7 Å². The molecule has 0 saturated heterocycles. The second-order valence-electron chi connectivity index (χ2n) is 6.31. The Morgan fingerprint density at radius 1 is 1.07 bits per heavy atom. The SMILES string of the molecule is COc1ccc(-c2noc(CN(C)S(=O)(=O)c3ccc4c(c3)OCCO4)n2)cc1. The Kier molecular flexibility index (Phi) is 5.12. The van der Waals surface area contributed by atoms with Crippen molar-refractivity contribution in [3.63, 3.8) is 0 Å².